The van der Waals surface area contributed by atoms with Gasteiger partial charge < -0.3 is 4.74 Å². The molecule has 1 N–H and O–H groups in total. The number of hydrogen-bond acceptors (Lipinski definition) is 4. The number of hydrogen-bond donors (Lipinski definition) is 1. The SMILES string of the molecule is CC(C)(COC(=O)Nc1cccc(Cl)c1)[N+](=O)[O-]. The van der Waals surface area contributed by atoms with Crippen molar-refractivity contribution in [3.63, 3.8) is 0 Å². The van der Waals surface area contributed by atoms with E-state index in [9.17, 15) is 14.9 Å². The van der Waals surface area contributed by atoms with Gasteiger partial charge in [-0.25, -0.2) is 4.79 Å². The van der Waals surface area contributed by atoms with Gasteiger partial charge in [0.2, 0.25) is 5.54 Å². The molecule has 6 nitrogen and oxygen atoms in total. The number of nitrogens with one attached hydrogen (secondary N) is 1. The van der Waals surface area contributed by atoms with Crippen LogP contribution in [0.15, 0.2) is 24.3 Å². The maximum atomic E-state index is 11.4. The molecule has 0 unspecified atom stereocenters. The van der Waals surface area contributed by atoms with Gasteiger partial charge in [-0.3, -0.25) is 15.4 Å². The maximum Gasteiger partial charge on any atom is 0.411 e. The van der Waals surface area contributed by atoms with Crippen molar-refractivity contribution < 1.29 is 14.5 Å². The van der Waals surface area contributed by atoms with E-state index < -0.39 is 16.6 Å². The molecule has 0 fully saturated rings. The molecule has 0 heterocycles. The fraction of sp³-hybridized carbons (Fsp3) is 0.364. The lowest BCUT2D eigenvalue weighted by molar-refractivity contribution is -0.563. The van der Waals surface area contributed by atoms with Gasteiger partial charge in [0.1, 0.15) is 0 Å². The second-order valence-corrected chi connectivity index (χ2v) is 4.72. The summed E-state index contributed by atoms with van der Waals surface area (Å²) in [5.74, 6) is 0. The van der Waals surface area contributed by atoms with Crippen LogP contribution in [-0.2, 0) is 4.74 Å². The minimum atomic E-state index is -1.31. The Morgan fingerprint density at radius 2 is 2.22 bits per heavy atom. The Kier molecular flexibility index (Phi) is 4.49. The number of benzene rings is 1. The summed E-state index contributed by atoms with van der Waals surface area (Å²) in [6.07, 6.45) is -0.757. The number of anilines is 1. The van der Waals surface area contributed by atoms with Crippen molar-refractivity contribution in [1.82, 2.24) is 0 Å². The molecule has 0 aliphatic carbocycles. The molecule has 18 heavy (non-hydrogen) atoms. The van der Waals surface area contributed by atoms with Crippen LogP contribution in [0.3, 0.4) is 0 Å². The first-order chi connectivity index (χ1) is 8.31. The standard InChI is InChI=1S/C11H13ClN2O4/c1-11(2,14(16)17)7-18-10(15)13-9-5-3-4-8(12)6-9/h3-6H,7H2,1-2H3,(H,13,15). The molecule has 1 amide bonds. The van der Waals surface area contributed by atoms with Gasteiger partial charge in [-0.05, 0) is 18.2 Å². The van der Waals surface area contributed by atoms with E-state index in [1.54, 1.807) is 24.3 Å². The number of amides is 1. The molecular formula is C11H13ClN2O4. The first-order valence-electron chi connectivity index (χ1n) is 5.15. The Morgan fingerprint density at radius 3 is 2.78 bits per heavy atom. The van der Waals surface area contributed by atoms with Crippen LogP contribution < -0.4 is 5.32 Å². The molecule has 1 rings (SSSR count). The van der Waals surface area contributed by atoms with Gasteiger partial charge in [0.15, 0.2) is 6.61 Å². The Balaban J connectivity index is 2.50. The molecule has 0 atom stereocenters. The molecule has 0 radical (unpaired) electrons. The number of rotatable bonds is 4. The van der Waals surface area contributed by atoms with Crippen LogP contribution in [0.5, 0.6) is 0 Å². The van der Waals surface area contributed by atoms with Crippen LogP contribution in [0.25, 0.3) is 0 Å². The van der Waals surface area contributed by atoms with Gasteiger partial charge in [-0.1, -0.05) is 17.7 Å². The zero-order valence-corrected chi connectivity index (χ0v) is 10.7. The van der Waals surface area contributed by atoms with Gasteiger partial charge in [0.25, 0.3) is 0 Å². The third-order valence-corrected chi connectivity index (χ3v) is 2.36. The number of ether oxygens (including phenoxy) is 1. The summed E-state index contributed by atoms with van der Waals surface area (Å²) in [5, 5.41) is 13.5. The van der Waals surface area contributed by atoms with Gasteiger partial charge in [0.05, 0.1) is 0 Å². The average Bonchev–Trinajstić information content (AvgIpc) is 2.26. The number of nitrogens with zero attached hydrogens (tertiary/aromatic N) is 1. The fourth-order valence-corrected chi connectivity index (χ4v) is 1.21. The predicted octanol–water partition coefficient (Wildman–Crippen LogP) is 2.94. The average molecular weight is 273 g/mol. The van der Waals surface area contributed by atoms with Crippen LogP contribution in [0.4, 0.5) is 10.5 Å². The largest absolute Gasteiger partial charge is 0.442 e. The van der Waals surface area contributed by atoms with Crippen LogP contribution >= 0.6 is 11.6 Å². The zero-order chi connectivity index (χ0) is 13.8. The van der Waals surface area contributed by atoms with E-state index in [4.69, 9.17) is 16.3 Å². The summed E-state index contributed by atoms with van der Waals surface area (Å²) in [7, 11) is 0. The highest BCUT2D eigenvalue weighted by molar-refractivity contribution is 6.30. The normalized spacial score (nSPS) is 10.8. The summed E-state index contributed by atoms with van der Waals surface area (Å²) in [6.45, 7) is 2.44. The van der Waals surface area contributed by atoms with Crippen molar-refractivity contribution in [3.8, 4) is 0 Å². The van der Waals surface area contributed by atoms with Crippen LogP contribution in [0.2, 0.25) is 5.02 Å². The fourth-order valence-electron chi connectivity index (χ4n) is 1.02. The second kappa shape index (κ2) is 5.68. The molecule has 0 aliphatic rings. The number of halogens is 1. The molecule has 98 valence electrons. The number of nitro groups is 1. The van der Waals surface area contributed by atoms with E-state index in [-0.39, 0.29) is 6.61 Å². The minimum absolute atomic E-state index is 0.313. The van der Waals surface area contributed by atoms with E-state index in [0.29, 0.717) is 10.7 Å². The van der Waals surface area contributed by atoms with E-state index in [1.807, 2.05) is 0 Å². The van der Waals surface area contributed by atoms with E-state index in [2.05, 4.69) is 5.32 Å². The maximum absolute atomic E-state index is 11.4. The summed E-state index contributed by atoms with van der Waals surface area (Å²) in [6, 6.07) is 6.50. The molecule has 7 heteroatoms. The Morgan fingerprint density at radius 1 is 1.56 bits per heavy atom. The molecular weight excluding hydrogens is 260 g/mol. The highest BCUT2D eigenvalue weighted by Crippen LogP contribution is 2.15. The van der Waals surface area contributed by atoms with Crippen molar-refractivity contribution in [1.29, 1.82) is 0 Å². The Labute approximate surface area is 109 Å². The lowest BCUT2D eigenvalue weighted by atomic mass is 10.1. The Bertz CT molecular complexity index is 462. The van der Waals surface area contributed by atoms with Crippen molar-refractivity contribution in [2.75, 3.05) is 11.9 Å². The first kappa shape index (κ1) is 14.2. The van der Waals surface area contributed by atoms with Crippen molar-refractivity contribution in [3.05, 3.63) is 39.4 Å². The van der Waals surface area contributed by atoms with E-state index in [1.165, 1.54) is 13.8 Å². The number of carbonyl (C=O) groups is 1. The molecule has 1 aromatic carbocycles. The van der Waals surface area contributed by atoms with E-state index in [0.717, 1.165) is 0 Å². The van der Waals surface area contributed by atoms with Crippen LogP contribution in [-0.4, -0.2) is 23.2 Å². The molecule has 0 bridgehead atoms. The van der Waals surface area contributed by atoms with Crippen molar-refractivity contribution >= 4 is 23.4 Å². The monoisotopic (exact) mass is 272 g/mol. The van der Waals surface area contributed by atoms with Crippen molar-refractivity contribution in [2.45, 2.75) is 19.4 Å². The van der Waals surface area contributed by atoms with Gasteiger partial charge in [0, 0.05) is 29.5 Å². The van der Waals surface area contributed by atoms with E-state index >= 15 is 0 Å². The molecule has 0 saturated carbocycles. The molecule has 1 aromatic rings. The molecule has 0 aliphatic heterocycles. The summed E-state index contributed by atoms with van der Waals surface area (Å²) in [5.41, 5.74) is -0.850. The molecule has 0 saturated heterocycles. The lowest BCUT2D eigenvalue weighted by Crippen LogP contribution is -2.37. The first-order valence-corrected chi connectivity index (χ1v) is 5.53. The molecule has 0 aromatic heterocycles. The topological polar surface area (TPSA) is 81.5 Å². The van der Waals surface area contributed by atoms with Gasteiger partial charge in [-0.2, -0.15) is 0 Å². The lowest BCUT2D eigenvalue weighted by Gasteiger charge is -2.15. The summed E-state index contributed by atoms with van der Waals surface area (Å²) >= 11 is 5.74. The second-order valence-electron chi connectivity index (χ2n) is 4.28. The quantitative estimate of drug-likeness (QED) is 0.675. The minimum Gasteiger partial charge on any atom is -0.442 e. The van der Waals surface area contributed by atoms with Crippen LogP contribution in [0, 0.1) is 10.1 Å². The Hall–Kier alpha value is -1.82. The van der Waals surface area contributed by atoms with Crippen molar-refractivity contribution in [2.24, 2.45) is 0 Å². The van der Waals surface area contributed by atoms with Crippen LogP contribution in [0.1, 0.15) is 13.8 Å². The van der Waals surface area contributed by atoms with Gasteiger partial charge >= 0.3 is 6.09 Å². The highest BCUT2D eigenvalue weighted by atomic mass is 35.5. The highest BCUT2D eigenvalue weighted by Gasteiger charge is 2.32. The third kappa shape index (κ3) is 4.21. The zero-order valence-electron chi connectivity index (χ0n) is 9.97. The third-order valence-electron chi connectivity index (χ3n) is 2.12. The number of carbonyl (C=O) groups excluding carboxylic acids is 1. The smallest absolute Gasteiger partial charge is 0.411 e. The summed E-state index contributed by atoms with van der Waals surface area (Å²) in [4.78, 5) is 21.5. The predicted molar refractivity (Wildman–Crippen MR) is 67.5 cm³/mol. The molecule has 0 spiro atoms. The van der Waals surface area contributed by atoms with Gasteiger partial charge in [-0.15, -0.1) is 0 Å². The summed E-state index contributed by atoms with van der Waals surface area (Å²) < 4.78 is 4.78.